The summed E-state index contributed by atoms with van der Waals surface area (Å²) in [5.74, 6) is 0.137. The number of ether oxygens (including phenoxy) is 1. The summed E-state index contributed by atoms with van der Waals surface area (Å²) in [7, 11) is 1.92. The van der Waals surface area contributed by atoms with Gasteiger partial charge < -0.3 is 9.64 Å². The Balaban J connectivity index is 1.99. The Labute approximate surface area is 140 Å². The van der Waals surface area contributed by atoms with E-state index >= 15 is 0 Å². The predicted molar refractivity (Wildman–Crippen MR) is 90.5 cm³/mol. The summed E-state index contributed by atoms with van der Waals surface area (Å²) >= 11 is 0. The SMILES string of the molecule is CCOC1CC(N(C)c2nc(C(F)F)nc3ccccc23)C1(C)C. The van der Waals surface area contributed by atoms with Crippen LogP contribution in [0.5, 0.6) is 0 Å². The number of hydrogen-bond acceptors (Lipinski definition) is 4. The van der Waals surface area contributed by atoms with Gasteiger partial charge in [-0.05, 0) is 25.5 Å². The maximum Gasteiger partial charge on any atom is 0.297 e. The molecule has 0 radical (unpaired) electrons. The summed E-state index contributed by atoms with van der Waals surface area (Å²) in [6.07, 6.45) is -1.65. The second-order valence-electron chi connectivity index (χ2n) is 6.85. The standard InChI is InChI=1S/C18H23F2N3O/c1-5-24-14-10-13(18(14,2)3)23(4)17-11-8-6-7-9-12(11)21-16(22-17)15(19)20/h6-9,13-15H,5,10H2,1-4H3. The van der Waals surface area contributed by atoms with Crippen LogP contribution in [0.15, 0.2) is 24.3 Å². The number of anilines is 1. The smallest absolute Gasteiger partial charge is 0.297 e. The molecular formula is C18H23F2N3O. The first-order valence-electron chi connectivity index (χ1n) is 8.25. The van der Waals surface area contributed by atoms with Gasteiger partial charge in [0.15, 0.2) is 5.82 Å². The maximum absolute atomic E-state index is 13.2. The van der Waals surface area contributed by atoms with Crippen LogP contribution in [-0.2, 0) is 4.74 Å². The first-order chi connectivity index (χ1) is 11.4. The van der Waals surface area contributed by atoms with Gasteiger partial charge in [0.25, 0.3) is 6.43 Å². The van der Waals surface area contributed by atoms with Gasteiger partial charge in [-0.1, -0.05) is 26.0 Å². The van der Waals surface area contributed by atoms with E-state index < -0.39 is 12.2 Å². The third kappa shape index (κ3) is 2.73. The van der Waals surface area contributed by atoms with E-state index in [2.05, 4.69) is 23.8 Å². The number of halogens is 2. The molecule has 1 aromatic carbocycles. The van der Waals surface area contributed by atoms with Crippen molar-refractivity contribution in [1.29, 1.82) is 0 Å². The monoisotopic (exact) mass is 335 g/mol. The molecule has 0 spiro atoms. The third-order valence-electron chi connectivity index (χ3n) is 5.09. The molecule has 1 aliphatic carbocycles. The van der Waals surface area contributed by atoms with Crippen molar-refractivity contribution in [3.63, 3.8) is 0 Å². The lowest BCUT2D eigenvalue weighted by molar-refractivity contribution is -0.104. The Morgan fingerprint density at radius 1 is 1.29 bits per heavy atom. The second-order valence-corrected chi connectivity index (χ2v) is 6.85. The van der Waals surface area contributed by atoms with Crippen LogP contribution >= 0.6 is 0 Å². The molecule has 2 atom stereocenters. The number of benzene rings is 1. The summed E-state index contributed by atoms with van der Waals surface area (Å²) in [4.78, 5) is 10.2. The van der Waals surface area contributed by atoms with Gasteiger partial charge in [0.05, 0.1) is 11.6 Å². The third-order valence-corrected chi connectivity index (χ3v) is 5.09. The van der Waals surface area contributed by atoms with Gasteiger partial charge in [0.1, 0.15) is 5.82 Å². The van der Waals surface area contributed by atoms with Crippen molar-refractivity contribution in [2.24, 2.45) is 5.41 Å². The van der Waals surface area contributed by atoms with Gasteiger partial charge in [0.2, 0.25) is 0 Å². The van der Waals surface area contributed by atoms with Crippen LogP contribution in [0.3, 0.4) is 0 Å². The molecule has 130 valence electrons. The molecule has 1 aliphatic rings. The molecule has 0 amide bonds. The number of aromatic nitrogens is 2. The van der Waals surface area contributed by atoms with Crippen molar-refractivity contribution in [1.82, 2.24) is 9.97 Å². The minimum absolute atomic E-state index is 0.0677. The van der Waals surface area contributed by atoms with Gasteiger partial charge in [-0.2, -0.15) is 0 Å². The highest BCUT2D eigenvalue weighted by atomic mass is 19.3. The predicted octanol–water partition coefficient (Wildman–Crippen LogP) is 4.21. The number of nitrogens with zero attached hydrogens (tertiary/aromatic N) is 3. The van der Waals surface area contributed by atoms with Crippen LogP contribution in [-0.4, -0.2) is 35.8 Å². The van der Waals surface area contributed by atoms with Crippen LogP contribution in [0.25, 0.3) is 10.9 Å². The largest absolute Gasteiger partial charge is 0.378 e. The van der Waals surface area contributed by atoms with Crippen molar-refractivity contribution >= 4 is 16.7 Å². The molecule has 1 heterocycles. The van der Waals surface area contributed by atoms with Crippen molar-refractivity contribution in [3.8, 4) is 0 Å². The Morgan fingerprint density at radius 2 is 2.00 bits per heavy atom. The molecule has 0 N–H and O–H groups in total. The van der Waals surface area contributed by atoms with Crippen molar-refractivity contribution in [2.45, 2.75) is 45.8 Å². The van der Waals surface area contributed by atoms with Crippen LogP contribution in [0.2, 0.25) is 0 Å². The zero-order chi connectivity index (χ0) is 17.5. The van der Waals surface area contributed by atoms with E-state index in [1.165, 1.54) is 0 Å². The first kappa shape index (κ1) is 17.0. The quantitative estimate of drug-likeness (QED) is 0.820. The van der Waals surface area contributed by atoms with Gasteiger partial charge in [-0.25, -0.2) is 18.7 Å². The van der Waals surface area contributed by atoms with E-state index in [0.717, 1.165) is 11.8 Å². The molecule has 4 nitrogen and oxygen atoms in total. The van der Waals surface area contributed by atoms with E-state index in [9.17, 15) is 8.78 Å². The average molecular weight is 335 g/mol. The average Bonchev–Trinajstić information content (AvgIpc) is 2.56. The molecule has 0 saturated heterocycles. The zero-order valence-corrected chi connectivity index (χ0v) is 14.5. The van der Waals surface area contributed by atoms with Gasteiger partial charge in [0, 0.05) is 30.5 Å². The molecule has 3 rings (SSSR count). The normalized spacial score (nSPS) is 22.6. The molecule has 6 heteroatoms. The van der Waals surface area contributed by atoms with Crippen LogP contribution in [0.1, 0.15) is 39.4 Å². The Kier molecular flexibility index (Phi) is 4.42. The number of fused-ring (bicyclic) bond motifs is 1. The summed E-state index contributed by atoms with van der Waals surface area (Å²) in [6.45, 7) is 6.96. The van der Waals surface area contributed by atoms with Gasteiger partial charge in [-0.3, -0.25) is 0 Å². The summed E-state index contributed by atoms with van der Waals surface area (Å²) in [5, 5.41) is 0.792. The van der Waals surface area contributed by atoms with Gasteiger partial charge >= 0.3 is 0 Å². The fourth-order valence-electron chi connectivity index (χ4n) is 3.60. The van der Waals surface area contributed by atoms with Crippen LogP contribution < -0.4 is 4.90 Å². The topological polar surface area (TPSA) is 38.2 Å². The summed E-state index contributed by atoms with van der Waals surface area (Å²) in [5.41, 5.74) is 0.477. The molecule has 24 heavy (non-hydrogen) atoms. The highest BCUT2D eigenvalue weighted by Gasteiger charge is 2.51. The molecule has 1 fully saturated rings. The highest BCUT2D eigenvalue weighted by Crippen LogP contribution is 2.47. The molecule has 0 aliphatic heterocycles. The Morgan fingerprint density at radius 3 is 2.62 bits per heavy atom. The first-order valence-corrected chi connectivity index (χ1v) is 8.25. The van der Waals surface area contributed by atoms with E-state index in [-0.39, 0.29) is 17.6 Å². The van der Waals surface area contributed by atoms with Crippen LogP contribution in [0.4, 0.5) is 14.6 Å². The minimum atomic E-state index is -2.69. The van der Waals surface area contributed by atoms with E-state index in [1.54, 1.807) is 12.1 Å². The van der Waals surface area contributed by atoms with Gasteiger partial charge in [-0.15, -0.1) is 0 Å². The fraction of sp³-hybridized carbons (Fsp3) is 0.556. The minimum Gasteiger partial charge on any atom is -0.378 e. The molecular weight excluding hydrogens is 312 g/mol. The van der Waals surface area contributed by atoms with E-state index in [0.29, 0.717) is 17.9 Å². The zero-order valence-electron chi connectivity index (χ0n) is 14.5. The van der Waals surface area contributed by atoms with Crippen LogP contribution in [0, 0.1) is 5.41 Å². The van der Waals surface area contributed by atoms with E-state index in [1.807, 2.05) is 31.0 Å². The maximum atomic E-state index is 13.2. The molecule has 2 aromatic rings. The fourth-order valence-corrected chi connectivity index (χ4v) is 3.60. The lowest BCUT2D eigenvalue weighted by Crippen LogP contribution is -2.61. The molecule has 1 aromatic heterocycles. The van der Waals surface area contributed by atoms with E-state index in [4.69, 9.17) is 4.74 Å². The van der Waals surface area contributed by atoms with Crippen molar-refractivity contribution in [2.75, 3.05) is 18.6 Å². The Hall–Kier alpha value is -1.82. The second kappa shape index (κ2) is 6.24. The molecule has 2 unspecified atom stereocenters. The number of para-hydroxylation sites is 1. The van der Waals surface area contributed by atoms with Crippen molar-refractivity contribution < 1.29 is 13.5 Å². The number of rotatable bonds is 5. The Bertz CT molecular complexity index is 735. The number of alkyl halides is 2. The summed E-state index contributed by atoms with van der Waals surface area (Å²) < 4.78 is 32.2. The molecule has 1 saturated carbocycles. The lowest BCUT2D eigenvalue weighted by atomic mass is 9.64. The molecule has 0 bridgehead atoms. The highest BCUT2D eigenvalue weighted by molar-refractivity contribution is 5.89. The van der Waals surface area contributed by atoms with Crippen molar-refractivity contribution in [3.05, 3.63) is 30.1 Å². The number of hydrogen-bond donors (Lipinski definition) is 0. The lowest BCUT2D eigenvalue weighted by Gasteiger charge is -2.55. The summed E-state index contributed by atoms with van der Waals surface area (Å²) in [6, 6.07) is 7.47.